The molecule has 0 aliphatic heterocycles. The Kier molecular flexibility index (Phi) is 4.46. The Morgan fingerprint density at radius 1 is 1.36 bits per heavy atom. The van der Waals surface area contributed by atoms with Crippen molar-refractivity contribution < 1.29 is 9.72 Å². The fourth-order valence-electron chi connectivity index (χ4n) is 2.53. The predicted octanol–water partition coefficient (Wildman–Crippen LogP) is 3.29. The van der Waals surface area contributed by atoms with Crippen LogP contribution in [-0.4, -0.2) is 15.4 Å². The molecule has 0 aliphatic rings. The first-order chi connectivity index (χ1) is 12.0. The number of amides is 1. The summed E-state index contributed by atoms with van der Waals surface area (Å²) in [5, 5.41) is 10.9. The molecule has 6 nitrogen and oxygen atoms in total. The first-order valence-electron chi connectivity index (χ1n) is 7.37. The maximum absolute atomic E-state index is 12.5. The van der Waals surface area contributed by atoms with E-state index in [0.717, 1.165) is 15.8 Å². The second kappa shape index (κ2) is 6.71. The number of hydrogen-bond donors (Lipinski definition) is 0. The number of benzene rings is 2. The SMILES string of the molecule is C#CCn1c(=NC(=O)c2cccc([N+](=O)[O-])c2)sc2cccc(C)c21. The zero-order valence-electron chi connectivity index (χ0n) is 13.3. The molecule has 0 spiro atoms. The molecule has 0 saturated heterocycles. The standard InChI is InChI=1S/C18H13N3O3S/c1-3-10-20-16-12(2)6-4-9-15(16)25-18(20)19-17(22)13-7-5-8-14(11-13)21(23)24/h1,4-9,11H,10H2,2H3. The summed E-state index contributed by atoms with van der Waals surface area (Å²) in [6.07, 6.45) is 5.46. The van der Waals surface area contributed by atoms with Crippen molar-refractivity contribution in [2.45, 2.75) is 13.5 Å². The molecule has 25 heavy (non-hydrogen) atoms. The fourth-order valence-corrected chi connectivity index (χ4v) is 3.64. The largest absolute Gasteiger partial charge is 0.304 e. The number of non-ortho nitro benzene ring substituents is 1. The maximum Gasteiger partial charge on any atom is 0.279 e. The molecule has 1 aromatic heterocycles. The number of nitro groups is 1. The van der Waals surface area contributed by atoms with E-state index in [1.807, 2.05) is 29.7 Å². The number of hydrogen-bond acceptors (Lipinski definition) is 4. The molecule has 2 aromatic carbocycles. The third-order valence-corrected chi connectivity index (χ3v) is 4.70. The Bertz CT molecular complexity index is 1100. The second-order valence-electron chi connectivity index (χ2n) is 5.32. The molecule has 1 amide bonds. The van der Waals surface area contributed by atoms with Gasteiger partial charge < -0.3 is 4.57 Å². The van der Waals surface area contributed by atoms with E-state index < -0.39 is 10.8 Å². The van der Waals surface area contributed by atoms with Gasteiger partial charge in [0.2, 0.25) is 0 Å². The summed E-state index contributed by atoms with van der Waals surface area (Å²) >= 11 is 1.36. The maximum atomic E-state index is 12.5. The Labute approximate surface area is 147 Å². The van der Waals surface area contributed by atoms with E-state index in [2.05, 4.69) is 10.9 Å². The molecule has 0 radical (unpaired) electrons. The molecular weight excluding hydrogens is 338 g/mol. The van der Waals surface area contributed by atoms with Gasteiger partial charge >= 0.3 is 0 Å². The van der Waals surface area contributed by atoms with Gasteiger partial charge in [0.05, 0.1) is 21.7 Å². The summed E-state index contributed by atoms with van der Waals surface area (Å²) in [5.41, 5.74) is 1.99. The van der Waals surface area contributed by atoms with E-state index in [1.165, 1.54) is 35.6 Å². The topological polar surface area (TPSA) is 77.5 Å². The van der Waals surface area contributed by atoms with Gasteiger partial charge in [-0.3, -0.25) is 14.9 Å². The lowest BCUT2D eigenvalue weighted by Crippen LogP contribution is -2.17. The molecule has 0 aliphatic carbocycles. The molecule has 3 rings (SSSR count). The minimum absolute atomic E-state index is 0.148. The van der Waals surface area contributed by atoms with Gasteiger partial charge in [-0.05, 0) is 24.6 Å². The molecular formula is C18H13N3O3S. The van der Waals surface area contributed by atoms with E-state index in [1.54, 1.807) is 0 Å². The fraction of sp³-hybridized carbons (Fsp3) is 0.111. The van der Waals surface area contributed by atoms with Gasteiger partial charge in [0, 0.05) is 17.7 Å². The van der Waals surface area contributed by atoms with Crippen LogP contribution < -0.4 is 4.80 Å². The van der Waals surface area contributed by atoms with Crippen molar-refractivity contribution in [2.24, 2.45) is 4.99 Å². The van der Waals surface area contributed by atoms with Crippen LogP contribution in [0.3, 0.4) is 0 Å². The average molecular weight is 351 g/mol. The number of terminal acetylenes is 1. The molecule has 0 saturated carbocycles. The van der Waals surface area contributed by atoms with Gasteiger partial charge in [-0.15, -0.1) is 6.42 Å². The molecule has 1 heterocycles. The lowest BCUT2D eigenvalue weighted by Gasteiger charge is -2.02. The summed E-state index contributed by atoms with van der Waals surface area (Å²) in [4.78, 5) is 27.4. The van der Waals surface area contributed by atoms with E-state index in [9.17, 15) is 14.9 Å². The normalized spacial score (nSPS) is 11.4. The van der Waals surface area contributed by atoms with E-state index in [0.29, 0.717) is 4.80 Å². The van der Waals surface area contributed by atoms with E-state index >= 15 is 0 Å². The van der Waals surface area contributed by atoms with Gasteiger partial charge in [-0.1, -0.05) is 35.5 Å². The van der Waals surface area contributed by atoms with Crippen molar-refractivity contribution in [1.82, 2.24) is 4.57 Å². The van der Waals surface area contributed by atoms with Crippen LogP contribution in [0, 0.1) is 29.4 Å². The van der Waals surface area contributed by atoms with Crippen LogP contribution in [0.15, 0.2) is 47.5 Å². The van der Waals surface area contributed by atoms with Crippen molar-refractivity contribution in [3.05, 3.63) is 68.5 Å². The monoisotopic (exact) mass is 351 g/mol. The highest BCUT2D eigenvalue weighted by Gasteiger charge is 2.13. The summed E-state index contributed by atoms with van der Waals surface area (Å²) in [6.45, 7) is 2.25. The number of nitrogens with zero attached hydrogens (tertiary/aromatic N) is 3. The Hall–Kier alpha value is -3.24. The summed E-state index contributed by atoms with van der Waals surface area (Å²) < 4.78 is 2.78. The number of rotatable bonds is 3. The van der Waals surface area contributed by atoms with Crippen LogP contribution in [0.1, 0.15) is 15.9 Å². The van der Waals surface area contributed by atoms with E-state index in [-0.39, 0.29) is 17.8 Å². The van der Waals surface area contributed by atoms with Crippen molar-refractivity contribution in [2.75, 3.05) is 0 Å². The third kappa shape index (κ3) is 3.20. The number of carbonyl (C=O) groups excluding carboxylic acids is 1. The molecule has 7 heteroatoms. The summed E-state index contributed by atoms with van der Waals surface area (Å²) in [5.74, 6) is 2.03. The van der Waals surface area contributed by atoms with Crippen molar-refractivity contribution >= 4 is 33.1 Å². The van der Waals surface area contributed by atoms with Crippen LogP contribution in [-0.2, 0) is 6.54 Å². The third-order valence-electron chi connectivity index (χ3n) is 3.65. The Morgan fingerprint density at radius 3 is 2.84 bits per heavy atom. The van der Waals surface area contributed by atoms with Crippen molar-refractivity contribution in [1.29, 1.82) is 0 Å². The highest BCUT2D eigenvalue weighted by atomic mass is 32.1. The second-order valence-corrected chi connectivity index (χ2v) is 6.33. The average Bonchev–Trinajstić information content (AvgIpc) is 2.94. The molecule has 0 N–H and O–H groups in total. The van der Waals surface area contributed by atoms with Gasteiger partial charge in [-0.2, -0.15) is 4.99 Å². The Balaban J connectivity index is 2.15. The Morgan fingerprint density at radius 2 is 2.12 bits per heavy atom. The van der Waals surface area contributed by atoms with Crippen LogP contribution in [0.5, 0.6) is 0 Å². The van der Waals surface area contributed by atoms with Crippen molar-refractivity contribution in [3.63, 3.8) is 0 Å². The molecule has 0 bridgehead atoms. The smallest absolute Gasteiger partial charge is 0.279 e. The highest BCUT2D eigenvalue weighted by molar-refractivity contribution is 7.16. The van der Waals surface area contributed by atoms with Crippen LogP contribution in [0.2, 0.25) is 0 Å². The summed E-state index contributed by atoms with van der Waals surface area (Å²) in [6, 6.07) is 11.4. The molecule has 124 valence electrons. The van der Waals surface area contributed by atoms with Crippen LogP contribution in [0.25, 0.3) is 10.2 Å². The molecule has 0 unspecified atom stereocenters. The molecule has 0 fully saturated rings. The number of thiazole rings is 1. The first kappa shape index (κ1) is 16.6. The minimum atomic E-state index is -0.544. The highest BCUT2D eigenvalue weighted by Crippen LogP contribution is 2.21. The number of nitro benzene ring substituents is 1. The first-order valence-corrected chi connectivity index (χ1v) is 8.19. The zero-order valence-corrected chi connectivity index (χ0v) is 14.1. The molecule has 3 aromatic rings. The van der Waals surface area contributed by atoms with Gasteiger partial charge in [0.25, 0.3) is 11.6 Å². The number of fused-ring (bicyclic) bond motifs is 1. The minimum Gasteiger partial charge on any atom is -0.304 e. The lowest BCUT2D eigenvalue weighted by atomic mass is 10.2. The van der Waals surface area contributed by atoms with Crippen LogP contribution in [0.4, 0.5) is 5.69 Å². The van der Waals surface area contributed by atoms with Crippen molar-refractivity contribution in [3.8, 4) is 12.3 Å². The lowest BCUT2D eigenvalue weighted by molar-refractivity contribution is -0.384. The number of carbonyl (C=O) groups is 1. The summed E-state index contributed by atoms with van der Waals surface area (Å²) in [7, 11) is 0. The number of aromatic nitrogens is 1. The van der Waals surface area contributed by atoms with Gasteiger partial charge in [-0.25, -0.2) is 0 Å². The number of para-hydroxylation sites is 1. The van der Waals surface area contributed by atoms with Gasteiger partial charge in [0.1, 0.15) is 0 Å². The van der Waals surface area contributed by atoms with Crippen LogP contribution >= 0.6 is 11.3 Å². The number of aryl methyl sites for hydroxylation is 1. The van der Waals surface area contributed by atoms with Gasteiger partial charge in [0.15, 0.2) is 4.80 Å². The van der Waals surface area contributed by atoms with E-state index in [4.69, 9.17) is 6.42 Å². The molecule has 0 atom stereocenters. The zero-order chi connectivity index (χ0) is 18.0. The quantitative estimate of drug-likeness (QED) is 0.413. The predicted molar refractivity (Wildman–Crippen MR) is 96.4 cm³/mol.